The van der Waals surface area contributed by atoms with Gasteiger partial charge in [0.15, 0.2) is 0 Å². The van der Waals surface area contributed by atoms with Gasteiger partial charge in [-0.1, -0.05) is 19.6 Å². The summed E-state index contributed by atoms with van der Waals surface area (Å²) in [5, 5.41) is 4.17. The molecule has 0 atom stereocenters. The fraction of sp³-hybridized carbons (Fsp3) is 0.667. The predicted octanol–water partition coefficient (Wildman–Crippen LogP) is 3.13. The molecule has 0 aliphatic carbocycles. The summed E-state index contributed by atoms with van der Waals surface area (Å²) in [4.78, 5) is 11.7. The van der Waals surface area contributed by atoms with E-state index < -0.39 is 8.07 Å². The largest absolute Gasteiger partial charge is 0.461 e. The summed E-state index contributed by atoms with van der Waals surface area (Å²) in [7, 11) is -1.09. The number of carbonyl (C=O) groups excluding carboxylic acids is 1. The topological polar surface area (TPSA) is 53.3 Å². The van der Waals surface area contributed by atoms with E-state index in [1.807, 2.05) is 0 Å². The molecule has 0 bridgehead atoms. The second kappa shape index (κ2) is 7.21. The van der Waals surface area contributed by atoms with Crippen molar-refractivity contribution in [2.75, 3.05) is 13.2 Å². The van der Waals surface area contributed by atoms with E-state index in [9.17, 15) is 4.79 Å². The van der Waals surface area contributed by atoms with Crippen molar-refractivity contribution in [2.24, 2.45) is 0 Å². The zero-order valence-corrected chi connectivity index (χ0v) is 14.5. The highest BCUT2D eigenvalue weighted by Crippen LogP contribution is 2.13. The smallest absolute Gasteiger partial charge is 0.356 e. The van der Waals surface area contributed by atoms with Crippen LogP contribution in [-0.4, -0.2) is 37.0 Å². The molecule has 0 fully saturated rings. The zero-order valence-electron chi connectivity index (χ0n) is 11.9. The van der Waals surface area contributed by atoms with E-state index in [0.717, 1.165) is 6.04 Å². The summed E-state index contributed by atoms with van der Waals surface area (Å²) in [5.74, 6) is -0.380. The third kappa shape index (κ3) is 5.88. The molecule has 1 rings (SSSR count). The van der Waals surface area contributed by atoms with E-state index in [1.54, 1.807) is 13.0 Å². The van der Waals surface area contributed by atoms with Crippen LogP contribution in [0.4, 0.5) is 0 Å². The molecule has 0 saturated heterocycles. The maximum absolute atomic E-state index is 11.7. The maximum Gasteiger partial charge on any atom is 0.356 e. The van der Waals surface area contributed by atoms with Crippen molar-refractivity contribution < 1.29 is 14.3 Å². The Kier molecular flexibility index (Phi) is 6.22. The number of halogens is 1. The van der Waals surface area contributed by atoms with Crippen molar-refractivity contribution in [1.82, 2.24) is 9.78 Å². The number of nitrogens with zero attached hydrogens (tertiary/aromatic N) is 2. The quantitative estimate of drug-likeness (QED) is 0.431. The van der Waals surface area contributed by atoms with Crippen LogP contribution in [0.2, 0.25) is 25.7 Å². The number of carbonyl (C=O) groups is 1. The van der Waals surface area contributed by atoms with Crippen LogP contribution in [0, 0.1) is 0 Å². The Balaban J connectivity index is 2.56. The summed E-state index contributed by atoms with van der Waals surface area (Å²) in [6.45, 7) is 9.97. The fourth-order valence-corrected chi connectivity index (χ4v) is 2.55. The molecule has 7 heteroatoms. The molecule has 0 N–H and O–H groups in total. The number of esters is 1. The summed E-state index contributed by atoms with van der Waals surface area (Å²) in [6.07, 6.45) is 0. The Morgan fingerprint density at radius 1 is 1.47 bits per heavy atom. The first-order valence-corrected chi connectivity index (χ1v) is 10.8. The van der Waals surface area contributed by atoms with E-state index in [-0.39, 0.29) is 12.7 Å². The molecule has 0 aliphatic rings. The van der Waals surface area contributed by atoms with E-state index in [4.69, 9.17) is 9.47 Å². The van der Waals surface area contributed by atoms with E-state index in [2.05, 4.69) is 40.7 Å². The molecule has 0 spiro atoms. The van der Waals surface area contributed by atoms with Crippen molar-refractivity contribution in [3.05, 3.63) is 16.4 Å². The Morgan fingerprint density at radius 3 is 2.74 bits per heavy atom. The second-order valence-electron chi connectivity index (χ2n) is 5.42. The summed E-state index contributed by atoms with van der Waals surface area (Å²) in [5.41, 5.74) is 0.404. The lowest BCUT2D eigenvalue weighted by Crippen LogP contribution is -2.22. The molecule has 0 radical (unpaired) electrons. The fourth-order valence-electron chi connectivity index (χ4n) is 1.38. The average molecular weight is 349 g/mol. The van der Waals surface area contributed by atoms with Gasteiger partial charge < -0.3 is 9.47 Å². The van der Waals surface area contributed by atoms with Gasteiger partial charge in [-0.15, -0.1) is 0 Å². The third-order valence-corrected chi connectivity index (χ3v) is 4.54. The Morgan fingerprint density at radius 2 is 2.16 bits per heavy atom. The number of rotatable bonds is 7. The van der Waals surface area contributed by atoms with Gasteiger partial charge in [0.2, 0.25) is 0 Å². The highest BCUT2D eigenvalue weighted by atomic mass is 79.9. The minimum Gasteiger partial charge on any atom is -0.461 e. The number of hydrogen-bond acceptors (Lipinski definition) is 4. The monoisotopic (exact) mass is 348 g/mol. The summed E-state index contributed by atoms with van der Waals surface area (Å²) >= 11 is 3.25. The normalized spacial score (nSPS) is 11.6. The third-order valence-electron chi connectivity index (χ3n) is 2.44. The Labute approximate surface area is 123 Å². The minimum atomic E-state index is -1.09. The van der Waals surface area contributed by atoms with E-state index in [1.165, 1.54) is 4.68 Å². The molecular weight excluding hydrogens is 328 g/mol. The van der Waals surface area contributed by atoms with E-state index in [0.29, 0.717) is 23.5 Å². The van der Waals surface area contributed by atoms with Crippen LogP contribution in [0.3, 0.4) is 0 Å². The number of aromatic nitrogens is 2. The van der Waals surface area contributed by atoms with Gasteiger partial charge in [0.25, 0.3) is 0 Å². The first kappa shape index (κ1) is 16.4. The van der Waals surface area contributed by atoms with E-state index >= 15 is 0 Å². The van der Waals surface area contributed by atoms with Crippen molar-refractivity contribution in [3.8, 4) is 0 Å². The number of ether oxygens (including phenoxy) is 2. The highest BCUT2D eigenvalue weighted by Gasteiger charge is 2.16. The lowest BCUT2D eigenvalue weighted by Gasteiger charge is -2.15. The zero-order chi connectivity index (χ0) is 14.5. The summed E-state index contributed by atoms with van der Waals surface area (Å²) in [6, 6.07) is 2.73. The molecular formula is C12H21BrN2O3Si. The van der Waals surface area contributed by atoms with Crippen molar-refractivity contribution >= 4 is 30.0 Å². The molecule has 0 unspecified atom stereocenters. The molecule has 0 amide bonds. The van der Waals surface area contributed by atoms with Gasteiger partial charge in [-0.05, 0) is 28.9 Å². The molecule has 1 aromatic heterocycles. The maximum atomic E-state index is 11.7. The second-order valence-corrected chi connectivity index (χ2v) is 11.9. The van der Waals surface area contributed by atoms with Gasteiger partial charge in [0.05, 0.1) is 6.61 Å². The molecule has 0 aromatic carbocycles. The van der Waals surface area contributed by atoms with Gasteiger partial charge in [0, 0.05) is 20.7 Å². The van der Waals surface area contributed by atoms with Gasteiger partial charge in [-0.25, -0.2) is 9.48 Å². The van der Waals surface area contributed by atoms with Crippen LogP contribution >= 0.6 is 15.9 Å². The average Bonchev–Trinajstić information content (AvgIpc) is 2.65. The predicted molar refractivity (Wildman–Crippen MR) is 80.0 cm³/mol. The van der Waals surface area contributed by atoms with Crippen LogP contribution in [-0.2, 0) is 16.2 Å². The number of hydrogen-bond donors (Lipinski definition) is 0. The lowest BCUT2D eigenvalue weighted by molar-refractivity contribution is 0.0455. The lowest BCUT2D eigenvalue weighted by atomic mass is 10.4. The highest BCUT2D eigenvalue weighted by molar-refractivity contribution is 9.10. The van der Waals surface area contributed by atoms with Crippen LogP contribution in [0.5, 0.6) is 0 Å². The molecule has 1 heterocycles. The van der Waals surface area contributed by atoms with Crippen LogP contribution in [0.25, 0.3) is 0 Å². The molecule has 0 aliphatic heterocycles. The molecule has 19 heavy (non-hydrogen) atoms. The van der Waals surface area contributed by atoms with Gasteiger partial charge in [0.1, 0.15) is 17.0 Å². The first-order valence-electron chi connectivity index (χ1n) is 6.31. The molecule has 0 saturated carbocycles. The summed E-state index contributed by atoms with van der Waals surface area (Å²) < 4.78 is 12.7. The van der Waals surface area contributed by atoms with Crippen molar-refractivity contribution in [2.45, 2.75) is 39.3 Å². The van der Waals surface area contributed by atoms with Crippen LogP contribution in [0.1, 0.15) is 17.4 Å². The first-order chi connectivity index (χ1) is 8.83. The Hall–Kier alpha value is -0.663. The van der Waals surface area contributed by atoms with Crippen molar-refractivity contribution in [1.29, 1.82) is 0 Å². The van der Waals surface area contributed by atoms with Gasteiger partial charge in [-0.3, -0.25) is 0 Å². The minimum absolute atomic E-state index is 0.268. The Bertz CT molecular complexity index is 429. The standard InChI is InChI=1S/C12H21BrN2O3Si/c1-5-18-12(16)10-8-11(13)14-15(10)9-17-6-7-19(2,3)4/h8H,5-7,9H2,1-4H3. The SMILES string of the molecule is CCOC(=O)c1cc(Br)nn1COCC[Si](C)(C)C. The van der Waals surface area contributed by atoms with Crippen LogP contribution in [0.15, 0.2) is 10.7 Å². The van der Waals surface area contributed by atoms with Crippen LogP contribution < -0.4 is 0 Å². The van der Waals surface area contributed by atoms with Gasteiger partial charge >= 0.3 is 5.97 Å². The molecule has 1 aromatic rings. The van der Waals surface area contributed by atoms with Crippen molar-refractivity contribution in [3.63, 3.8) is 0 Å². The van der Waals surface area contributed by atoms with Gasteiger partial charge in [-0.2, -0.15) is 5.10 Å². The molecule has 5 nitrogen and oxygen atoms in total. The molecule has 108 valence electrons.